The molecule has 4 heteroatoms. The van der Waals surface area contributed by atoms with Gasteiger partial charge in [-0.2, -0.15) is 5.10 Å². The third kappa shape index (κ3) is 3.99. The van der Waals surface area contributed by atoms with Crippen molar-refractivity contribution in [2.24, 2.45) is 0 Å². The molecule has 0 aliphatic heterocycles. The number of halogens is 1. The van der Waals surface area contributed by atoms with Crippen LogP contribution in [0.2, 0.25) is 5.02 Å². The van der Waals surface area contributed by atoms with E-state index in [4.69, 9.17) is 11.6 Å². The first kappa shape index (κ1) is 15.5. The van der Waals surface area contributed by atoms with Crippen molar-refractivity contribution < 1.29 is 0 Å². The summed E-state index contributed by atoms with van der Waals surface area (Å²) in [6.45, 7) is 10.3. The predicted octanol–water partition coefficient (Wildman–Crippen LogP) is 3.79. The number of unbranched alkanes of at least 4 members (excludes halogenated alkanes) is 1. The topological polar surface area (TPSA) is 29.9 Å². The van der Waals surface area contributed by atoms with Gasteiger partial charge in [0, 0.05) is 19.1 Å². The van der Waals surface area contributed by atoms with Gasteiger partial charge in [0.05, 0.1) is 16.4 Å². The first-order chi connectivity index (χ1) is 8.63. The number of rotatable bonds is 8. The van der Waals surface area contributed by atoms with E-state index in [-0.39, 0.29) is 0 Å². The first-order valence-electron chi connectivity index (χ1n) is 7.11. The summed E-state index contributed by atoms with van der Waals surface area (Å²) in [6.07, 6.45) is 4.63. The van der Waals surface area contributed by atoms with Gasteiger partial charge in [-0.3, -0.25) is 4.68 Å². The lowest BCUT2D eigenvalue weighted by Crippen LogP contribution is -2.26. The van der Waals surface area contributed by atoms with Crippen LogP contribution in [0.5, 0.6) is 0 Å². The third-order valence-electron chi connectivity index (χ3n) is 3.30. The maximum absolute atomic E-state index is 6.37. The second-order valence-corrected chi connectivity index (χ2v) is 5.18. The molecule has 0 saturated heterocycles. The molecule has 1 atom stereocenters. The molecule has 1 rings (SSSR count). The summed E-state index contributed by atoms with van der Waals surface area (Å²) in [7, 11) is 0. The second-order valence-electron chi connectivity index (χ2n) is 4.80. The van der Waals surface area contributed by atoms with Gasteiger partial charge in [-0.25, -0.2) is 0 Å². The molecule has 0 aliphatic rings. The minimum atomic E-state index is 0.534. The molecule has 1 N–H and O–H groups in total. The zero-order chi connectivity index (χ0) is 13.5. The van der Waals surface area contributed by atoms with Crippen molar-refractivity contribution in [3.63, 3.8) is 0 Å². The summed E-state index contributed by atoms with van der Waals surface area (Å²) in [5.41, 5.74) is 2.14. The lowest BCUT2D eigenvalue weighted by molar-refractivity contribution is 0.477. The number of aromatic nitrogens is 2. The van der Waals surface area contributed by atoms with Gasteiger partial charge >= 0.3 is 0 Å². The Morgan fingerprint density at radius 3 is 2.61 bits per heavy atom. The normalized spacial score (nSPS) is 12.9. The Labute approximate surface area is 116 Å². The minimum Gasteiger partial charge on any atom is -0.309 e. The number of nitrogens with zero attached hydrogens (tertiary/aromatic N) is 2. The smallest absolute Gasteiger partial charge is 0.0863 e. The van der Waals surface area contributed by atoms with E-state index < -0.39 is 0 Å². The Kier molecular flexibility index (Phi) is 6.72. The Morgan fingerprint density at radius 2 is 2.06 bits per heavy atom. The highest BCUT2D eigenvalue weighted by molar-refractivity contribution is 6.31. The molecule has 0 bridgehead atoms. The van der Waals surface area contributed by atoms with E-state index in [1.54, 1.807) is 0 Å². The average molecular weight is 272 g/mol. The van der Waals surface area contributed by atoms with Gasteiger partial charge in [-0.1, -0.05) is 38.3 Å². The van der Waals surface area contributed by atoms with E-state index in [2.05, 4.69) is 38.1 Å². The van der Waals surface area contributed by atoms with Gasteiger partial charge < -0.3 is 5.32 Å². The molecule has 0 spiro atoms. The highest BCUT2D eigenvalue weighted by Crippen LogP contribution is 2.21. The van der Waals surface area contributed by atoms with Crippen molar-refractivity contribution >= 4 is 11.6 Å². The van der Waals surface area contributed by atoms with E-state index in [9.17, 15) is 0 Å². The minimum absolute atomic E-state index is 0.534. The van der Waals surface area contributed by atoms with Crippen LogP contribution in [-0.4, -0.2) is 15.8 Å². The summed E-state index contributed by atoms with van der Waals surface area (Å²) in [6, 6.07) is 0.534. The summed E-state index contributed by atoms with van der Waals surface area (Å²) in [4.78, 5) is 0. The zero-order valence-electron chi connectivity index (χ0n) is 12.1. The highest BCUT2D eigenvalue weighted by atomic mass is 35.5. The molecule has 0 saturated carbocycles. The summed E-state index contributed by atoms with van der Waals surface area (Å²) in [5.74, 6) is 0. The zero-order valence-corrected chi connectivity index (χ0v) is 12.8. The molecule has 0 fully saturated rings. The van der Waals surface area contributed by atoms with Crippen LogP contribution in [0.4, 0.5) is 0 Å². The Bertz CT molecular complexity index is 360. The molecule has 0 radical (unpaired) electrons. The molecule has 1 heterocycles. The lowest BCUT2D eigenvalue weighted by Gasteiger charge is -2.14. The van der Waals surface area contributed by atoms with E-state index in [0.717, 1.165) is 35.9 Å². The van der Waals surface area contributed by atoms with Crippen molar-refractivity contribution in [2.75, 3.05) is 0 Å². The van der Waals surface area contributed by atoms with E-state index in [0.29, 0.717) is 6.04 Å². The molecule has 0 aromatic carbocycles. The molecule has 1 unspecified atom stereocenters. The fourth-order valence-electron chi connectivity index (χ4n) is 2.07. The molecule has 0 amide bonds. The standard InChI is InChI=1S/C14H26ClN3/c1-5-8-9-11(4)16-10-13-14(15)12(6-2)17-18(13)7-3/h11,16H,5-10H2,1-4H3. The van der Waals surface area contributed by atoms with Crippen LogP contribution in [0.3, 0.4) is 0 Å². The van der Waals surface area contributed by atoms with Crippen molar-refractivity contribution in [1.29, 1.82) is 0 Å². The van der Waals surface area contributed by atoms with Crippen LogP contribution in [0, 0.1) is 0 Å². The lowest BCUT2D eigenvalue weighted by atomic mass is 10.1. The Balaban J connectivity index is 2.63. The van der Waals surface area contributed by atoms with Gasteiger partial charge in [0.2, 0.25) is 0 Å². The summed E-state index contributed by atoms with van der Waals surface area (Å²) in [5, 5.41) is 8.92. The van der Waals surface area contributed by atoms with Gasteiger partial charge in [-0.15, -0.1) is 0 Å². The van der Waals surface area contributed by atoms with E-state index in [1.807, 2.05) is 4.68 Å². The van der Waals surface area contributed by atoms with E-state index >= 15 is 0 Å². The van der Waals surface area contributed by atoms with Crippen molar-refractivity contribution in [2.45, 2.75) is 72.5 Å². The summed E-state index contributed by atoms with van der Waals surface area (Å²) >= 11 is 6.37. The quantitative estimate of drug-likeness (QED) is 0.780. The van der Waals surface area contributed by atoms with Gasteiger partial charge in [0.25, 0.3) is 0 Å². The maximum Gasteiger partial charge on any atom is 0.0863 e. The maximum atomic E-state index is 6.37. The number of nitrogens with one attached hydrogen (secondary N) is 1. The third-order valence-corrected chi connectivity index (χ3v) is 3.74. The molecule has 1 aromatic rings. The van der Waals surface area contributed by atoms with Crippen molar-refractivity contribution in [3.8, 4) is 0 Å². The van der Waals surface area contributed by atoms with Crippen molar-refractivity contribution in [1.82, 2.24) is 15.1 Å². The van der Waals surface area contributed by atoms with Crippen molar-refractivity contribution in [3.05, 3.63) is 16.4 Å². The fraction of sp³-hybridized carbons (Fsp3) is 0.786. The molecule has 18 heavy (non-hydrogen) atoms. The highest BCUT2D eigenvalue weighted by Gasteiger charge is 2.14. The molecule has 1 aromatic heterocycles. The van der Waals surface area contributed by atoms with Crippen LogP contribution in [0.15, 0.2) is 0 Å². The fourth-order valence-corrected chi connectivity index (χ4v) is 2.41. The van der Waals surface area contributed by atoms with E-state index in [1.165, 1.54) is 19.3 Å². The van der Waals surface area contributed by atoms with Gasteiger partial charge in [0.15, 0.2) is 0 Å². The van der Waals surface area contributed by atoms with Crippen LogP contribution in [0.1, 0.15) is 58.3 Å². The van der Waals surface area contributed by atoms with Crippen LogP contribution in [-0.2, 0) is 19.5 Å². The van der Waals surface area contributed by atoms with Crippen LogP contribution in [0.25, 0.3) is 0 Å². The largest absolute Gasteiger partial charge is 0.309 e. The first-order valence-corrected chi connectivity index (χ1v) is 7.49. The SMILES string of the molecule is CCCCC(C)NCc1c(Cl)c(CC)nn1CC. The van der Waals surface area contributed by atoms with Crippen LogP contribution >= 0.6 is 11.6 Å². The van der Waals surface area contributed by atoms with Gasteiger partial charge in [-0.05, 0) is 26.7 Å². The molecule has 104 valence electrons. The Morgan fingerprint density at radius 1 is 1.33 bits per heavy atom. The number of aryl methyl sites for hydroxylation is 2. The Hall–Kier alpha value is -0.540. The molecular weight excluding hydrogens is 246 g/mol. The van der Waals surface area contributed by atoms with Gasteiger partial charge in [0.1, 0.15) is 0 Å². The molecule has 3 nitrogen and oxygen atoms in total. The average Bonchev–Trinajstić information content (AvgIpc) is 2.69. The predicted molar refractivity (Wildman–Crippen MR) is 78.1 cm³/mol. The second kappa shape index (κ2) is 7.80. The summed E-state index contributed by atoms with van der Waals surface area (Å²) < 4.78 is 2.01. The van der Waals surface area contributed by atoms with Crippen LogP contribution < -0.4 is 5.32 Å². The number of hydrogen-bond acceptors (Lipinski definition) is 2. The number of hydrogen-bond donors (Lipinski definition) is 1. The monoisotopic (exact) mass is 271 g/mol. The molecular formula is C14H26ClN3. The molecule has 0 aliphatic carbocycles.